The van der Waals surface area contributed by atoms with Crippen LogP contribution in [0, 0.1) is 18.8 Å². The Morgan fingerprint density at radius 1 is 0.925 bits per heavy atom. The highest BCUT2D eigenvalue weighted by Crippen LogP contribution is 2.38. The van der Waals surface area contributed by atoms with Crippen LogP contribution in [-0.4, -0.2) is 52.2 Å². The lowest BCUT2D eigenvalue weighted by Crippen LogP contribution is -2.57. The number of rotatable bonds is 10. The summed E-state index contributed by atoms with van der Waals surface area (Å²) in [6, 6.07) is 27.7. The second-order valence-electron chi connectivity index (χ2n) is 11.1. The first-order chi connectivity index (χ1) is 19.4. The Morgan fingerprint density at radius 2 is 1.60 bits per heavy atom. The number of aliphatic hydroxyl groups excluding tert-OH is 1. The first-order valence-electron chi connectivity index (χ1n) is 14.1. The van der Waals surface area contributed by atoms with E-state index in [1.807, 2.05) is 106 Å². The molecular weight excluding hydrogens is 524 g/mol. The molecule has 1 N–H and O–H groups in total. The molecule has 0 bridgehead atoms. The fraction of sp³-hybridized carbons (Fsp3) is 0.455. The highest BCUT2D eigenvalue weighted by atomic mass is 32.2. The van der Waals surface area contributed by atoms with Crippen LogP contribution in [0.4, 0.5) is 0 Å². The molecule has 2 saturated heterocycles. The molecule has 5 rings (SSSR count). The molecule has 3 aromatic rings. The number of aliphatic hydroxyl groups is 1. The molecule has 0 aliphatic carbocycles. The number of ether oxygens (including phenoxy) is 4. The molecule has 40 heavy (non-hydrogen) atoms. The summed E-state index contributed by atoms with van der Waals surface area (Å²) in [5, 5.41) is 11.4. The van der Waals surface area contributed by atoms with Gasteiger partial charge in [0.25, 0.3) is 0 Å². The molecule has 6 nitrogen and oxygen atoms in total. The number of hydrogen-bond acceptors (Lipinski definition) is 6. The van der Waals surface area contributed by atoms with Crippen LogP contribution >= 0.6 is 0 Å². The Bertz CT molecular complexity index is 1220. The van der Waals surface area contributed by atoms with Gasteiger partial charge in [0.15, 0.2) is 6.29 Å². The molecule has 0 aromatic heterocycles. The zero-order chi connectivity index (χ0) is 28.1. The number of benzene rings is 3. The van der Waals surface area contributed by atoms with Gasteiger partial charge in [0.05, 0.1) is 48.4 Å². The van der Waals surface area contributed by atoms with E-state index in [0.717, 1.165) is 21.6 Å². The van der Waals surface area contributed by atoms with Crippen molar-refractivity contribution in [1.82, 2.24) is 0 Å². The summed E-state index contributed by atoms with van der Waals surface area (Å²) >= 11 is 0. The molecule has 2 aliphatic heterocycles. The predicted molar refractivity (Wildman–Crippen MR) is 155 cm³/mol. The SMILES string of the molecule is Cc1ccc(S(=O)C[C@@H](C)[C@@H](O)[C@@H](C)[C@@H]2O[C@@H]3CO[C@@H](c4ccccc4)O[C@H]3C[C@H]2OCc2ccccc2)cc1. The molecule has 214 valence electrons. The summed E-state index contributed by atoms with van der Waals surface area (Å²) in [7, 11) is -1.20. The maximum atomic E-state index is 13.0. The lowest BCUT2D eigenvalue weighted by Gasteiger charge is -2.47. The molecule has 9 atom stereocenters. The van der Waals surface area contributed by atoms with Crippen molar-refractivity contribution in [2.75, 3.05) is 12.4 Å². The standard InChI is InChI=1S/C33H40O6S/c1-22-14-16-27(17-15-22)40(35)21-23(2)31(34)24(3)32-29(36-19-25-10-6-4-7-11-25)18-28-30(38-32)20-37-33(39-28)26-12-8-5-9-13-26/h4-17,23-24,28-34H,18-21H2,1-3H3/t23-,24-,28+,29-,30-,31-,32+,33-,40?/m1/s1. The van der Waals surface area contributed by atoms with Gasteiger partial charge in [-0.05, 0) is 30.5 Å². The fourth-order valence-electron chi connectivity index (χ4n) is 5.59. The molecule has 7 heteroatoms. The molecule has 2 heterocycles. The van der Waals surface area contributed by atoms with Gasteiger partial charge in [0.1, 0.15) is 6.10 Å². The van der Waals surface area contributed by atoms with Gasteiger partial charge < -0.3 is 24.1 Å². The predicted octanol–water partition coefficient (Wildman–Crippen LogP) is 5.59. The largest absolute Gasteiger partial charge is 0.392 e. The molecule has 0 saturated carbocycles. The number of fused-ring (bicyclic) bond motifs is 1. The minimum Gasteiger partial charge on any atom is -0.392 e. The molecule has 3 aromatic carbocycles. The number of hydrogen-bond donors (Lipinski definition) is 1. The van der Waals surface area contributed by atoms with Crippen molar-refractivity contribution in [3.63, 3.8) is 0 Å². The van der Waals surface area contributed by atoms with E-state index in [1.165, 1.54) is 0 Å². The highest BCUT2D eigenvalue weighted by molar-refractivity contribution is 7.85. The Morgan fingerprint density at radius 3 is 2.30 bits per heavy atom. The van der Waals surface area contributed by atoms with E-state index in [1.54, 1.807) is 0 Å². The second kappa shape index (κ2) is 13.5. The van der Waals surface area contributed by atoms with Crippen LogP contribution in [0.3, 0.4) is 0 Å². The molecule has 1 unspecified atom stereocenters. The first-order valence-corrected chi connectivity index (χ1v) is 15.5. The van der Waals surface area contributed by atoms with Crippen LogP contribution < -0.4 is 0 Å². The third-order valence-corrected chi connectivity index (χ3v) is 9.63. The lowest BCUT2D eigenvalue weighted by atomic mass is 9.83. The van der Waals surface area contributed by atoms with Crippen LogP contribution in [0.2, 0.25) is 0 Å². The van der Waals surface area contributed by atoms with Gasteiger partial charge in [0.2, 0.25) is 0 Å². The van der Waals surface area contributed by atoms with Gasteiger partial charge in [-0.3, -0.25) is 4.21 Å². The normalized spacial score (nSPS) is 27.8. The molecule has 2 aliphatic rings. The van der Waals surface area contributed by atoms with Crippen molar-refractivity contribution >= 4 is 10.8 Å². The lowest BCUT2D eigenvalue weighted by molar-refractivity contribution is -0.313. The summed E-state index contributed by atoms with van der Waals surface area (Å²) in [4.78, 5) is 0.780. The molecule has 2 fully saturated rings. The Labute approximate surface area is 240 Å². The van der Waals surface area contributed by atoms with Crippen LogP contribution in [0.25, 0.3) is 0 Å². The van der Waals surface area contributed by atoms with Crippen molar-refractivity contribution in [2.45, 2.75) is 75.5 Å². The summed E-state index contributed by atoms with van der Waals surface area (Å²) in [6.45, 7) is 6.81. The molecular formula is C33H40O6S. The van der Waals surface area contributed by atoms with Gasteiger partial charge in [-0.2, -0.15) is 0 Å². The van der Waals surface area contributed by atoms with Crippen LogP contribution in [0.15, 0.2) is 89.8 Å². The van der Waals surface area contributed by atoms with Crippen molar-refractivity contribution in [1.29, 1.82) is 0 Å². The van der Waals surface area contributed by atoms with E-state index < -0.39 is 23.2 Å². The van der Waals surface area contributed by atoms with Crippen LogP contribution in [0.5, 0.6) is 0 Å². The average molecular weight is 565 g/mol. The minimum absolute atomic E-state index is 0.188. The van der Waals surface area contributed by atoms with E-state index in [4.69, 9.17) is 18.9 Å². The summed E-state index contributed by atoms with van der Waals surface area (Å²) in [5.41, 5.74) is 3.18. The third-order valence-electron chi connectivity index (χ3n) is 8.00. The topological polar surface area (TPSA) is 74.2 Å². The van der Waals surface area contributed by atoms with Gasteiger partial charge in [-0.15, -0.1) is 0 Å². The Kier molecular flexibility index (Phi) is 9.84. The monoisotopic (exact) mass is 564 g/mol. The van der Waals surface area contributed by atoms with Crippen molar-refractivity contribution in [2.24, 2.45) is 11.8 Å². The maximum absolute atomic E-state index is 13.0. The van der Waals surface area contributed by atoms with Gasteiger partial charge in [-0.25, -0.2) is 0 Å². The Balaban J connectivity index is 1.28. The molecule has 0 radical (unpaired) electrons. The minimum atomic E-state index is -1.20. The quantitative estimate of drug-likeness (QED) is 0.346. The third kappa shape index (κ3) is 7.08. The second-order valence-corrected chi connectivity index (χ2v) is 12.6. The molecule has 0 spiro atoms. The Hall–Kier alpha value is -2.39. The number of aryl methyl sites for hydroxylation is 1. The fourth-order valence-corrected chi connectivity index (χ4v) is 6.89. The summed E-state index contributed by atoms with van der Waals surface area (Å²) in [6.07, 6.45) is -1.63. The average Bonchev–Trinajstić information content (AvgIpc) is 2.99. The van der Waals surface area contributed by atoms with Crippen molar-refractivity contribution < 1.29 is 28.3 Å². The van der Waals surface area contributed by atoms with Gasteiger partial charge >= 0.3 is 0 Å². The van der Waals surface area contributed by atoms with E-state index in [9.17, 15) is 9.32 Å². The van der Waals surface area contributed by atoms with Gasteiger partial charge in [-0.1, -0.05) is 92.2 Å². The van der Waals surface area contributed by atoms with Crippen LogP contribution in [0.1, 0.15) is 43.2 Å². The summed E-state index contributed by atoms with van der Waals surface area (Å²) < 4.78 is 38.5. The van der Waals surface area contributed by atoms with Crippen LogP contribution in [-0.2, 0) is 36.4 Å². The van der Waals surface area contributed by atoms with E-state index in [2.05, 4.69) is 0 Å². The highest BCUT2D eigenvalue weighted by Gasteiger charge is 2.47. The summed E-state index contributed by atoms with van der Waals surface area (Å²) in [5.74, 6) is -0.0819. The maximum Gasteiger partial charge on any atom is 0.184 e. The van der Waals surface area contributed by atoms with Gasteiger partial charge in [0, 0.05) is 28.6 Å². The van der Waals surface area contributed by atoms with E-state index >= 15 is 0 Å². The van der Waals surface area contributed by atoms with Crippen molar-refractivity contribution in [3.05, 3.63) is 102 Å². The van der Waals surface area contributed by atoms with E-state index in [-0.39, 0.29) is 36.3 Å². The first kappa shape index (κ1) is 29.1. The smallest absolute Gasteiger partial charge is 0.184 e. The zero-order valence-electron chi connectivity index (χ0n) is 23.4. The zero-order valence-corrected chi connectivity index (χ0v) is 24.2. The van der Waals surface area contributed by atoms with Crippen molar-refractivity contribution in [3.8, 4) is 0 Å². The van der Waals surface area contributed by atoms with E-state index in [0.29, 0.717) is 25.4 Å². The molecule has 0 amide bonds.